The number of rotatable bonds is 3. The lowest BCUT2D eigenvalue weighted by molar-refractivity contribution is -0.131. The first-order valence-electron chi connectivity index (χ1n) is 2.78. The molecule has 0 heterocycles. The molecule has 10 heavy (non-hydrogen) atoms. The van der Waals surface area contributed by atoms with Gasteiger partial charge in [0.25, 0.3) is 0 Å². The van der Waals surface area contributed by atoms with Gasteiger partial charge in [-0.1, -0.05) is 5.92 Å². The van der Waals surface area contributed by atoms with E-state index in [0.29, 0.717) is 0 Å². The summed E-state index contributed by atoms with van der Waals surface area (Å²) in [5.41, 5.74) is 0. The van der Waals surface area contributed by atoms with Gasteiger partial charge >= 0.3 is 5.97 Å². The molecule has 0 amide bonds. The van der Waals surface area contributed by atoms with Crippen molar-refractivity contribution in [1.82, 2.24) is 5.32 Å². The monoisotopic (exact) mass is 139 g/mol. The fourth-order valence-corrected chi connectivity index (χ4v) is 0.312. The van der Waals surface area contributed by atoms with Crippen molar-refractivity contribution in [2.75, 3.05) is 0 Å². The zero-order valence-corrected chi connectivity index (χ0v) is 5.66. The van der Waals surface area contributed by atoms with Gasteiger partial charge in [0.15, 0.2) is 0 Å². The lowest BCUT2D eigenvalue weighted by Crippen LogP contribution is -2.17. The molecular weight excluding hydrogens is 130 g/mol. The second-order valence-corrected chi connectivity index (χ2v) is 1.73. The van der Waals surface area contributed by atoms with Gasteiger partial charge in [-0.25, -0.2) is 4.79 Å². The summed E-state index contributed by atoms with van der Waals surface area (Å²) in [5.74, 6) is 1.39. The van der Waals surface area contributed by atoms with Crippen LogP contribution in [0.2, 0.25) is 0 Å². The Labute approximate surface area is 59.7 Å². The van der Waals surface area contributed by atoms with Crippen LogP contribution in [0.1, 0.15) is 6.92 Å². The molecule has 0 aromatic heterocycles. The van der Waals surface area contributed by atoms with Gasteiger partial charge in [0.05, 0.1) is 6.04 Å². The van der Waals surface area contributed by atoms with Gasteiger partial charge in [-0.15, -0.1) is 6.42 Å². The third kappa shape index (κ3) is 4.72. The lowest BCUT2D eigenvalue weighted by Gasteiger charge is -2.00. The average molecular weight is 139 g/mol. The summed E-state index contributed by atoms with van der Waals surface area (Å²) >= 11 is 0. The molecule has 1 atom stereocenters. The Morgan fingerprint density at radius 2 is 2.50 bits per heavy atom. The molecule has 0 saturated carbocycles. The highest BCUT2D eigenvalue weighted by molar-refractivity contribution is 5.79. The summed E-state index contributed by atoms with van der Waals surface area (Å²) < 4.78 is 0. The minimum absolute atomic E-state index is 0.129. The van der Waals surface area contributed by atoms with E-state index in [1.807, 2.05) is 0 Å². The Morgan fingerprint density at radius 1 is 1.90 bits per heavy atom. The van der Waals surface area contributed by atoms with Gasteiger partial charge in [0.1, 0.15) is 0 Å². The molecule has 3 nitrogen and oxygen atoms in total. The second kappa shape index (κ2) is 4.45. The largest absolute Gasteiger partial charge is 0.478 e. The minimum Gasteiger partial charge on any atom is -0.478 e. The fraction of sp³-hybridized carbons (Fsp3) is 0.286. The number of carbonyl (C=O) groups is 1. The van der Waals surface area contributed by atoms with Crippen molar-refractivity contribution >= 4 is 5.97 Å². The quantitative estimate of drug-likeness (QED) is 0.433. The van der Waals surface area contributed by atoms with Crippen LogP contribution in [-0.2, 0) is 4.79 Å². The van der Waals surface area contributed by atoms with Crippen molar-refractivity contribution in [1.29, 1.82) is 0 Å². The summed E-state index contributed by atoms with van der Waals surface area (Å²) in [7, 11) is 0. The van der Waals surface area contributed by atoms with Crippen LogP contribution in [0, 0.1) is 12.3 Å². The maximum Gasteiger partial charge on any atom is 0.329 e. The Kier molecular flexibility index (Phi) is 3.81. The number of hydrogen-bond acceptors (Lipinski definition) is 2. The summed E-state index contributed by atoms with van der Waals surface area (Å²) in [6.45, 7) is 1.76. The van der Waals surface area contributed by atoms with E-state index in [0.717, 1.165) is 6.08 Å². The number of aliphatic carboxylic acids is 1. The maximum absolute atomic E-state index is 9.89. The first-order chi connectivity index (χ1) is 4.66. The second-order valence-electron chi connectivity index (χ2n) is 1.73. The molecule has 0 aromatic rings. The van der Waals surface area contributed by atoms with Crippen LogP contribution in [0.25, 0.3) is 0 Å². The number of carboxylic acid groups (broad SMARTS) is 1. The molecule has 0 spiro atoms. The molecule has 2 N–H and O–H groups in total. The molecule has 0 saturated heterocycles. The van der Waals surface area contributed by atoms with E-state index in [2.05, 4.69) is 11.2 Å². The maximum atomic E-state index is 9.89. The molecule has 1 unspecified atom stereocenters. The molecule has 0 fully saturated rings. The molecule has 0 aliphatic rings. The zero-order chi connectivity index (χ0) is 7.98. The highest BCUT2D eigenvalue weighted by atomic mass is 16.4. The molecule has 0 rings (SSSR count). The van der Waals surface area contributed by atoms with E-state index in [4.69, 9.17) is 11.5 Å². The first-order valence-corrected chi connectivity index (χ1v) is 2.78. The van der Waals surface area contributed by atoms with E-state index >= 15 is 0 Å². The van der Waals surface area contributed by atoms with Gasteiger partial charge in [-0.05, 0) is 6.92 Å². The van der Waals surface area contributed by atoms with Crippen molar-refractivity contribution in [3.05, 3.63) is 12.3 Å². The highest BCUT2D eigenvalue weighted by Crippen LogP contribution is 1.76. The summed E-state index contributed by atoms with van der Waals surface area (Å²) in [5, 5.41) is 10.8. The SMILES string of the molecule is C#CC(C)N/C=C/C(=O)O. The third-order valence-electron chi connectivity index (χ3n) is 0.822. The van der Waals surface area contributed by atoms with Crippen LogP contribution in [-0.4, -0.2) is 17.1 Å². The fourth-order valence-electron chi connectivity index (χ4n) is 0.312. The number of terminal acetylenes is 1. The van der Waals surface area contributed by atoms with Crippen LogP contribution < -0.4 is 5.32 Å². The summed E-state index contributed by atoms with van der Waals surface area (Å²) in [4.78, 5) is 9.89. The standard InChI is InChI=1S/C7H9NO2/c1-3-6(2)8-5-4-7(9)10/h1,4-6,8H,2H3,(H,9,10)/b5-4+. The Balaban J connectivity index is 3.56. The number of nitrogens with one attached hydrogen (secondary N) is 1. The number of carboxylic acids is 1. The Hall–Kier alpha value is -1.43. The zero-order valence-electron chi connectivity index (χ0n) is 5.66. The van der Waals surface area contributed by atoms with Crippen molar-refractivity contribution in [2.45, 2.75) is 13.0 Å². The van der Waals surface area contributed by atoms with Crippen molar-refractivity contribution in [2.24, 2.45) is 0 Å². The van der Waals surface area contributed by atoms with Crippen molar-refractivity contribution < 1.29 is 9.90 Å². The third-order valence-corrected chi connectivity index (χ3v) is 0.822. The van der Waals surface area contributed by atoms with Crippen molar-refractivity contribution in [3.8, 4) is 12.3 Å². The molecule has 0 aliphatic carbocycles. The molecule has 0 bridgehead atoms. The minimum atomic E-state index is -0.989. The van der Waals surface area contributed by atoms with Crippen LogP contribution >= 0.6 is 0 Å². The van der Waals surface area contributed by atoms with Gasteiger partial charge in [-0.3, -0.25) is 0 Å². The Morgan fingerprint density at radius 3 is 2.90 bits per heavy atom. The van der Waals surface area contributed by atoms with Gasteiger partial charge in [0, 0.05) is 12.3 Å². The van der Waals surface area contributed by atoms with Gasteiger partial charge < -0.3 is 10.4 Å². The summed E-state index contributed by atoms with van der Waals surface area (Å²) in [6, 6.07) is -0.129. The van der Waals surface area contributed by atoms with E-state index in [1.165, 1.54) is 6.20 Å². The lowest BCUT2D eigenvalue weighted by atomic mass is 10.4. The smallest absolute Gasteiger partial charge is 0.329 e. The molecular formula is C7H9NO2. The predicted molar refractivity (Wildman–Crippen MR) is 38.2 cm³/mol. The molecule has 0 radical (unpaired) electrons. The highest BCUT2D eigenvalue weighted by Gasteiger charge is 1.88. The van der Waals surface area contributed by atoms with Crippen molar-refractivity contribution in [3.63, 3.8) is 0 Å². The van der Waals surface area contributed by atoms with E-state index in [-0.39, 0.29) is 6.04 Å². The van der Waals surface area contributed by atoms with E-state index in [9.17, 15) is 4.79 Å². The molecule has 3 heteroatoms. The molecule has 54 valence electrons. The van der Waals surface area contributed by atoms with E-state index < -0.39 is 5.97 Å². The average Bonchev–Trinajstić information content (AvgIpc) is 1.87. The molecule has 0 aromatic carbocycles. The predicted octanol–water partition coefficient (Wildman–Crippen LogP) is 0.196. The van der Waals surface area contributed by atoms with Gasteiger partial charge in [-0.2, -0.15) is 0 Å². The van der Waals surface area contributed by atoms with Crippen LogP contribution in [0.4, 0.5) is 0 Å². The van der Waals surface area contributed by atoms with Crippen LogP contribution in [0.15, 0.2) is 12.3 Å². The number of hydrogen-bond donors (Lipinski definition) is 2. The van der Waals surface area contributed by atoms with E-state index in [1.54, 1.807) is 6.92 Å². The van der Waals surface area contributed by atoms with Gasteiger partial charge in [0.2, 0.25) is 0 Å². The van der Waals surface area contributed by atoms with Crippen LogP contribution in [0.3, 0.4) is 0 Å². The normalized spacial score (nSPS) is 12.4. The Bertz CT molecular complexity index is 179. The summed E-state index contributed by atoms with van der Waals surface area (Å²) in [6.07, 6.45) is 7.30. The molecule has 0 aliphatic heterocycles. The van der Waals surface area contributed by atoms with Crippen LogP contribution in [0.5, 0.6) is 0 Å². The first kappa shape index (κ1) is 8.57. The topological polar surface area (TPSA) is 49.3 Å².